The van der Waals surface area contributed by atoms with Gasteiger partial charge in [0.25, 0.3) is 6.71 Å². The smallest absolute Gasteiger partial charge is 0.297 e. The largest absolute Gasteiger partial charge is 0.468 e. The Kier molecular flexibility index (Phi) is 6.39. The van der Waals surface area contributed by atoms with Crippen LogP contribution in [0.2, 0.25) is 0 Å². The number of anilines is 6. The van der Waals surface area contributed by atoms with E-state index in [9.17, 15) is 0 Å². The van der Waals surface area contributed by atoms with Crippen molar-refractivity contribution in [3.63, 3.8) is 0 Å². The molecule has 4 aliphatic rings. The van der Waals surface area contributed by atoms with Gasteiger partial charge >= 0.3 is 0 Å². The second kappa shape index (κ2) is 10.3. The van der Waals surface area contributed by atoms with Crippen LogP contribution in [0, 0.1) is 13.8 Å². The highest BCUT2D eigenvalue weighted by molar-refractivity contribution is 7.00. The molecule has 0 fully saturated rings. The van der Waals surface area contributed by atoms with E-state index in [1.54, 1.807) is 0 Å². The lowest BCUT2D eigenvalue weighted by atomic mass is 9.34. The molecule has 6 aromatic rings. The molecule has 0 N–H and O–H groups in total. The molecule has 0 saturated carbocycles. The summed E-state index contributed by atoms with van der Waals surface area (Å²) in [5.41, 5.74) is 22.2. The Labute approximate surface area is 316 Å². The highest BCUT2D eigenvalue weighted by Crippen LogP contribution is 2.61. The normalized spacial score (nSPS) is 19.2. The number of hydrogen-bond acceptors (Lipinski definition) is 3. The number of hydrogen-bond donors (Lipinski definition) is 0. The van der Waals surface area contributed by atoms with Gasteiger partial charge in [-0.25, -0.2) is 0 Å². The van der Waals surface area contributed by atoms with Crippen LogP contribution in [0.1, 0.15) is 114 Å². The molecule has 1 atom stereocenters. The summed E-state index contributed by atoms with van der Waals surface area (Å²) >= 11 is 0. The Morgan fingerprint density at radius 2 is 1.34 bits per heavy atom. The fraction of sp³-hybridized carbons (Fsp3) is 0.347. The summed E-state index contributed by atoms with van der Waals surface area (Å²) in [5.74, 6) is 0. The summed E-state index contributed by atoms with van der Waals surface area (Å²) < 4.78 is 7.13. The number of para-hydroxylation sites is 1. The van der Waals surface area contributed by atoms with Gasteiger partial charge in [0.15, 0.2) is 0 Å². The second-order valence-corrected chi connectivity index (χ2v) is 19.5. The standard InChI is InChI=1S/C49H51BN2O/c1-28-24-37-41-38(25-28)52-42-29(2)26-31(47(6,7)8)27-35(42)49(11)23-22-48(9,10)34-20-21-36(44(52)40(34)49)50(41)45-43(33-14-12-13-15-39(33)53-45)51(37)32-18-16-30(17-19-32)46(3,4)5/h12-21,24-27H,22-23H2,1-11H3. The maximum atomic E-state index is 7.13. The lowest BCUT2D eigenvalue weighted by molar-refractivity contribution is 0.348. The number of rotatable bonds is 1. The number of fused-ring (bicyclic) bond motifs is 9. The van der Waals surface area contributed by atoms with Crippen molar-refractivity contribution < 1.29 is 4.42 Å². The molecule has 0 spiro atoms. The molecule has 0 amide bonds. The maximum Gasteiger partial charge on any atom is 0.297 e. The van der Waals surface area contributed by atoms with Crippen LogP contribution in [-0.2, 0) is 21.7 Å². The molecule has 266 valence electrons. The molecule has 0 saturated heterocycles. The molecule has 0 bridgehead atoms. The van der Waals surface area contributed by atoms with Crippen molar-refractivity contribution >= 4 is 68.4 Å². The van der Waals surface area contributed by atoms with E-state index in [4.69, 9.17) is 4.42 Å². The molecule has 53 heavy (non-hydrogen) atoms. The van der Waals surface area contributed by atoms with Gasteiger partial charge in [-0.15, -0.1) is 0 Å². The zero-order valence-corrected chi connectivity index (χ0v) is 33.4. The van der Waals surface area contributed by atoms with Gasteiger partial charge < -0.3 is 14.2 Å². The Bertz CT molecular complexity index is 2560. The van der Waals surface area contributed by atoms with E-state index in [0.29, 0.717) is 0 Å². The number of nitrogens with zero attached hydrogens (tertiary/aromatic N) is 2. The van der Waals surface area contributed by atoms with Crippen LogP contribution < -0.4 is 26.4 Å². The van der Waals surface area contributed by atoms with Crippen LogP contribution in [0.3, 0.4) is 0 Å². The summed E-state index contributed by atoms with van der Waals surface area (Å²) in [4.78, 5) is 5.21. The zero-order chi connectivity index (χ0) is 37.1. The fourth-order valence-corrected chi connectivity index (χ4v) is 10.4. The first-order valence-corrected chi connectivity index (χ1v) is 19.7. The van der Waals surface area contributed by atoms with Crippen molar-refractivity contribution in [3.05, 3.63) is 124 Å². The molecule has 1 unspecified atom stereocenters. The minimum absolute atomic E-state index is 0.0327. The Balaban J connectivity index is 1.35. The minimum atomic E-state index is -0.107. The van der Waals surface area contributed by atoms with E-state index in [0.717, 1.165) is 35.2 Å². The molecule has 4 heterocycles. The van der Waals surface area contributed by atoms with Gasteiger partial charge in [0.05, 0.1) is 17.0 Å². The van der Waals surface area contributed by atoms with Crippen molar-refractivity contribution in [1.82, 2.24) is 0 Å². The van der Waals surface area contributed by atoms with E-state index >= 15 is 0 Å². The number of aryl methyl sites for hydroxylation is 2. The number of furan rings is 1. The average Bonchev–Trinajstić information content (AvgIpc) is 3.48. The molecule has 3 nitrogen and oxygen atoms in total. The Morgan fingerprint density at radius 1 is 0.660 bits per heavy atom. The summed E-state index contributed by atoms with van der Waals surface area (Å²) in [7, 11) is 0. The van der Waals surface area contributed by atoms with Crippen LogP contribution in [0.5, 0.6) is 0 Å². The molecule has 4 heteroatoms. The molecule has 10 rings (SSSR count). The maximum absolute atomic E-state index is 7.13. The molecule has 3 aliphatic heterocycles. The van der Waals surface area contributed by atoms with Gasteiger partial charge in [0, 0.05) is 33.6 Å². The summed E-state index contributed by atoms with van der Waals surface area (Å²) in [6.07, 6.45) is 2.29. The highest BCUT2D eigenvalue weighted by atomic mass is 16.3. The van der Waals surface area contributed by atoms with Gasteiger partial charge in [0.1, 0.15) is 5.58 Å². The second-order valence-electron chi connectivity index (χ2n) is 19.5. The van der Waals surface area contributed by atoms with Crippen molar-refractivity contribution in [1.29, 1.82) is 0 Å². The van der Waals surface area contributed by atoms with Gasteiger partial charge in [-0.2, -0.15) is 0 Å². The molecular formula is C49H51BN2O. The monoisotopic (exact) mass is 694 g/mol. The summed E-state index contributed by atoms with van der Waals surface area (Å²) in [6.45, 7) is 26.0. The zero-order valence-electron chi connectivity index (χ0n) is 33.4. The van der Waals surface area contributed by atoms with Crippen LogP contribution >= 0.6 is 0 Å². The van der Waals surface area contributed by atoms with Crippen molar-refractivity contribution in [2.45, 2.75) is 111 Å². The third-order valence-corrected chi connectivity index (χ3v) is 13.4. The van der Waals surface area contributed by atoms with E-state index < -0.39 is 0 Å². The average molecular weight is 695 g/mol. The predicted octanol–water partition coefficient (Wildman–Crippen LogP) is 11.4. The minimum Gasteiger partial charge on any atom is -0.468 e. The van der Waals surface area contributed by atoms with E-state index in [2.05, 4.69) is 171 Å². The summed E-state index contributed by atoms with van der Waals surface area (Å²) in [6, 6.07) is 32.8. The Morgan fingerprint density at radius 3 is 2.04 bits per heavy atom. The van der Waals surface area contributed by atoms with Crippen LogP contribution in [0.15, 0.2) is 89.3 Å². The summed E-state index contributed by atoms with van der Waals surface area (Å²) in [5, 5.41) is 1.16. The molecule has 1 aliphatic carbocycles. The predicted molar refractivity (Wildman–Crippen MR) is 226 cm³/mol. The Hall–Kier alpha value is -4.70. The quantitative estimate of drug-likeness (QED) is 0.160. The van der Waals surface area contributed by atoms with Crippen LogP contribution in [-0.4, -0.2) is 6.71 Å². The number of benzene rings is 5. The first kappa shape index (κ1) is 32.9. The first-order chi connectivity index (χ1) is 25.0. The van der Waals surface area contributed by atoms with Crippen LogP contribution in [0.25, 0.3) is 11.0 Å². The topological polar surface area (TPSA) is 19.6 Å². The fourth-order valence-electron chi connectivity index (χ4n) is 10.4. The molecule has 0 radical (unpaired) electrons. The first-order valence-electron chi connectivity index (χ1n) is 19.7. The van der Waals surface area contributed by atoms with Gasteiger partial charge in [-0.3, -0.25) is 0 Å². The van der Waals surface area contributed by atoms with E-state index in [1.165, 1.54) is 78.3 Å². The van der Waals surface area contributed by atoms with Crippen LogP contribution in [0.4, 0.5) is 34.1 Å². The van der Waals surface area contributed by atoms with Gasteiger partial charge in [-0.05, 0) is 129 Å². The van der Waals surface area contributed by atoms with Gasteiger partial charge in [0.2, 0.25) is 0 Å². The molecule has 5 aromatic carbocycles. The molecular weight excluding hydrogens is 643 g/mol. The van der Waals surface area contributed by atoms with E-state index in [-0.39, 0.29) is 28.4 Å². The van der Waals surface area contributed by atoms with Crippen molar-refractivity contribution in [2.24, 2.45) is 0 Å². The van der Waals surface area contributed by atoms with Gasteiger partial charge in [-0.1, -0.05) is 111 Å². The van der Waals surface area contributed by atoms with E-state index in [1.807, 2.05) is 0 Å². The highest BCUT2D eigenvalue weighted by Gasteiger charge is 2.54. The van der Waals surface area contributed by atoms with Crippen molar-refractivity contribution in [3.8, 4) is 0 Å². The third kappa shape index (κ3) is 4.30. The third-order valence-electron chi connectivity index (χ3n) is 13.4. The lowest BCUT2D eigenvalue weighted by Gasteiger charge is -2.54. The SMILES string of the molecule is Cc1cc2c3c(c1)N(c1ccc(C(C)(C)C)cc1)c1c(oc4ccccc14)B3c1ccc3c4c1N2c1c(C)cc(C(C)(C)C)cc1C4(C)CCC3(C)C. The molecule has 1 aromatic heterocycles. The lowest BCUT2D eigenvalue weighted by Crippen LogP contribution is -2.62. The van der Waals surface area contributed by atoms with Crippen molar-refractivity contribution in [2.75, 3.05) is 9.80 Å².